The van der Waals surface area contributed by atoms with E-state index in [0.29, 0.717) is 25.7 Å². The van der Waals surface area contributed by atoms with Crippen molar-refractivity contribution < 1.29 is 80.2 Å². The summed E-state index contributed by atoms with van der Waals surface area (Å²) in [5.41, 5.74) is 0. The summed E-state index contributed by atoms with van der Waals surface area (Å²) < 4.78 is 68.0. The summed E-state index contributed by atoms with van der Waals surface area (Å²) in [4.78, 5) is 72.2. The lowest BCUT2D eigenvalue weighted by Crippen LogP contribution is -2.30. The summed E-state index contributed by atoms with van der Waals surface area (Å²) in [5.74, 6) is 0.110. The van der Waals surface area contributed by atoms with Crippen molar-refractivity contribution in [1.82, 2.24) is 0 Å². The number of ether oxygens (including phenoxy) is 4. The number of rotatable bonds is 63. The number of carbonyl (C=O) groups is 4. The Hall–Kier alpha value is -1.94. The van der Waals surface area contributed by atoms with Gasteiger partial charge in [0.2, 0.25) is 0 Å². The molecule has 19 heteroatoms. The first-order valence-electron chi connectivity index (χ1n) is 33.9. The van der Waals surface area contributed by atoms with Crippen LogP contribution in [0.25, 0.3) is 0 Å². The predicted molar refractivity (Wildman–Crippen MR) is 335 cm³/mol. The first kappa shape index (κ1) is 82.1. The van der Waals surface area contributed by atoms with Gasteiger partial charge in [-0.1, -0.05) is 267 Å². The molecule has 0 rings (SSSR count). The van der Waals surface area contributed by atoms with E-state index in [1.165, 1.54) is 122 Å². The molecule has 498 valence electrons. The van der Waals surface area contributed by atoms with Crippen LogP contribution in [0.1, 0.15) is 318 Å². The van der Waals surface area contributed by atoms with E-state index in [9.17, 15) is 43.2 Å². The summed E-state index contributed by atoms with van der Waals surface area (Å²) in [5, 5.41) is 10.5. The standard InChI is InChI=1S/C65H126O17P2/c1-8-10-11-12-13-25-32-39-46-62(67)75-52-60(82-65(70)49-42-35-28-20-18-23-30-37-44-57(5)6)54-79-83(71,72)77-50-59(66)51-78-84(73,74)80-55-61(53-76-63(68)47-40-33-26-21-19-24-31-38-45-58(7)9-2)81-64(69)48-41-34-27-17-15-14-16-22-29-36-43-56(3)4/h56-61,66H,8-55H2,1-7H3,(H,71,72)(H,73,74)/t58?,59-,60+,61+/m0/s1. The quantitative estimate of drug-likeness (QED) is 0.0222. The van der Waals surface area contributed by atoms with Gasteiger partial charge < -0.3 is 33.8 Å². The van der Waals surface area contributed by atoms with Crippen molar-refractivity contribution in [3.63, 3.8) is 0 Å². The van der Waals surface area contributed by atoms with E-state index in [-0.39, 0.29) is 25.7 Å². The molecule has 0 aliphatic heterocycles. The second-order valence-electron chi connectivity index (χ2n) is 24.7. The van der Waals surface area contributed by atoms with Crippen molar-refractivity contribution >= 4 is 39.5 Å². The molecule has 0 heterocycles. The van der Waals surface area contributed by atoms with Crippen LogP contribution >= 0.6 is 15.6 Å². The van der Waals surface area contributed by atoms with Gasteiger partial charge in [0.15, 0.2) is 12.2 Å². The molecule has 0 fully saturated rings. The smallest absolute Gasteiger partial charge is 0.462 e. The van der Waals surface area contributed by atoms with Crippen LogP contribution in [0.15, 0.2) is 0 Å². The summed E-state index contributed by atoms with van der Waals surface area (Å²) >= 11 is 0. The lowest BCUT2D eigenvalue weighted by molar-refractivity contribution is -0.161. The maximum Gasteiger partial charge on any atom is 0.472 e. The molecule has 0 spiro atoms. The van der Waals surface area contributed by atoms with Crippen LogP contribution < -0.4 is 0 Å². The highest BCUT2D eigenvalue weighted by Gasteiger charge is 2.30. The van der Waals surface area contributed by atoms with Gasteiger partial charge >= 0.3 is 39.5 Å². The Bertz CT molecular complexity index is 1670. The molecule has 6 atom stereocenters. The van der Waals surface area contributed by atoms with Crippen LogP contribution in [0.5, 0.6) is 0 Å². The zero-order valence-electron chi connectivity index (χ0n) is 54.4. The Labute approximate surface area is 511 Å². The molecule has 0 aromatic carbocycles. The van der Waals surface area contributed by atoms with Crippen LogP contribution in [0.3, 0.4) is 0 Å². The van der Waals surface area contributed by atoms with Gasteiger partial charge in [-0.05, 0) is 43.4 Å². The van der Waals surface area contributed by atoms with E-state index in [0.717, 1.165) is 114 Å². The zero-order valence-corrected chi connectivity index (χ0v) is 56.1. The van der Waals surface area contributed by atoms with Crippen molar-refractivity contribution in [2.24, 2.45) is 17.8 Å². The molecule has 0 amide bonds. The van der Waals surface area contributed by atoms with Gasteiger partial charge in [-0.3, -0.25) is 37.3 Å². The van der Waals surface area contributed by atoms with Crippen molar-refractivity contribution in [3.05, 3.63) is 0 Å². The van der Waals surface area contributed by atoms with Crippen LogP contribution in [-0.4, -0.2) is 96.7 Å². The fraction of sp³-hybridized carbons (Fsp3) is 0.938. The lowest BCUT2D eigenvalue weighted by Gasteiger charge is -2.21. The Morgan fingerprint density at radius 2 is 0.607 bits per heavy atom. The summed E-state index contributed by atoms with van der Waals surface area (Å²) in [6, 6.07) is 0. The molecule has 0 aliphatic rings. The first-order valence-corrected chi connectivity index (χ1v) is 36.9. The highest BCUT2D eigenvalue weighted by Crippen LogP contribution is 2.45. The third kappa shape index (κ3) is 57.8. The molecule has 84 heavy (non-hydrogen) atoms. The minimum Gasteiger partial charge on any atom is -0.462 e. The number of aliphatic hydroxyl groups excluding tert-OH is 1. The number of hydrogen-bond donors (Lipinski definition) is 3. The maximum absolute atomic E-state index is 13.0. The Balaban J connectivity index is 5.25. The zero-order chi connectivity index (χ0) is 62.4. The maximum atomic E-state index is 13.0. The normalized spacial score (nSPS) is 14.7. The summed E-state index contributed by atoms with van der Waals surface area (Å²) in [7, 11) is -9.89. The van der Waals surface area contributed by atoms with Gasteiger partial charge in [0.05, 0.1) is 26.4 Å². The van der Waals surface area contributed by atoms with Crippen molar-refractivity contribution in [3.8, 4) is 0 Å². The minimum atomic E-state index is -4.95. The van der Waals surface area contributed by atoms with E-state index < -0.39 is 97.5 Å². The molecule has 0 aromatic rings. The van der Waals surface area contributed by atoms with E-state index in [2.05, 4.69) is 48.5 Å². The molecular weight excluding hydrogens is 1110 g/mol. The highest BCUT2D eigenvalue weighted by atomic mass is 31.2. The minimum absolute atomic E-state index is 0.104. The molecular formula is C65H126O17P2. The largest absolute Gasteiger partial charge is 0.472 e. The average Bonchev–Trinajstić information content (AvgIpc) is 3.57. The van der Waals surface area contributed by atoms with Crippen LogP contribution in [0.2, 0.25) is 0 Å². The van der Waals surface area contributed by atoms with E-state index >= 15 is 0 Å². The number of hydrogen-bond acceptors (Lipinski definition) is 15. The van der Waals surface area contributed by atoms with Crippen molar-refractivity contribution in [2.45, 2.75) is 336 Å². The first-order chi connectivity index (χ1) is 40.3. The molecule has 0 saturated carbocycles. The van der Waals surface area contributed by atoms with E-state index in [4.69, 9.17) is 37.0 Å². The van der Waals surface area contributed by atoms with Crippen LogP contribution in [0, 0.1) is 17.8 Å². The average molecular weight is 1240 g/mol. The summed E-state index contributed by atoms with van der Waals surface area (Å²) in [6.45, 7) is 11.7. The third-order valence-corrected chi connectivity index (χ3v) is 17.1. The van der Waals surface area contributed by atoms with Crippen LogP contribution in [-0.2, 0) is 65.4 Å². The number of carbonyl (C=O) groups excluding carboxylic acids is 4. The Kier molecular flexibility index (Phi) is 55.0. The number of aliphatic hydroxyl groups is 1. The van der Waals surface area contributed by atoms with Gasteiger partial charge in [0.25, 0.3) is 0 Å². The molecule has 0 bridgehead atoms. The number of phosphoric ester groups is 2. The number of esters is 4. The second-order valence-corrected chi connectivity index (χ2v) is 27.6. The van der Waals surface area contributed by atoms with Gasteiger partial charge in [-0.2, -0.15) is 0 Å². The highest BCUT2D eigenvalue weighted by molar-refractivity contribution is 7.47. The van der Waals surface area contributed by atoms with Crippen LogP contribution in [0.4, 0.5) is 0 Å². The van der Waals surface area contributed by atoms with Crippen molar-refractivity contribution in [2.75, 3.05) is 39.6 Å². The molecule has 0 radical (unpaired) electrons. The molecule has 0 saturated heterocycles. The summed E-state index contributed by atoms with van der Waals surface area (Å²) in [6.07, 6.45) is 37.6. The lowest BCUT2D eigenvalue weighted by atomic mass is 9.99. The third-order valence-electron chi connectivity index (χ3n) is 15.2. The van der Waals surface area contributed by atoms with Gasteiger partial charge in [0.1, 0.15) is 19.3 Å². The number of phosphoric acid groups is 2. The van der Waals surface area contributed by atoms with Gasteiger partial charge in [-0.25, -0.2) is 9.13 Å². The fourth-order valence-corrected chi connectivity index (χ4v) is 11.2. The molecule has 0 aromatic heterocycles. The molecule has 0 aliphatic carbocycles. The molecule has 3 unspecified atom stereocenters. The van der Waals surface area contributed by atoms with Crippen molar-refractivity contribution in [1.29, 1.82) is 0 Å². The second kappa shape index (κ2) is 56.3. The fourth-order valence-electron chi connectivity index (χ4n) is 9.62. The topological polar surface area (TPSA) is 237 Å². The van der Waals surface area contributed by atoms with Gasteiger partial charge in [0, 0.05) is 25.7 Å². The van der Waals surface area contributed by atoms with E-state index in [1.807, 2.05) is 0 Å². The Morgan fingerprint density at radius 1 is 0.345 bits per heavy atom. The SMILES string of the molecule is CCCCCCCCCCC(=O)OC[C@H](COP(=O)(O)OC[C@H](O)COP(=O)(O)OC[C@@H](COC(=O)CCCCCCCCCCC(C)CC)OC(=O)CCCCCCCCCCCCC(C)C)OC(=O)CCCCCCCCCCC(C)C. The Morgan fingerprint density at radius 3 is 0.905 bits per heavy atom. The van der Waals surface area contributed by atoms with E-state index in [1.54, 1.807) is 0 Å². The monoisotopic (exact) mass is 1240 g/mol. The predicted octanol–water partition coefficient (Wildman–Crippen LogP) is 17.9. The molecule has 17 nitrogen and oxygen atoms in total. The number of unbranched alkanes of at least 4 members (excludes halogenated alkanes) is 30. The van der Waals surface area contributed by atoms with Gasteiger partial charge in [-0.15, -0.1) is 0 Å². The molecule has 3 N–H and O–H groups in total.